The third-order valence-corrected chi connectivity index (χ3v) is 4.39. The van der Waals surface area contributed by atoms with Gasteiger partial charge in [-0.15, -0.1) is 0 Å². The molecule has 2 fully saturated rings. The van der Waals surface area contributed by atoms with Gasteiger partial charge in [-0.1, -0.05) is 26.7 Å². The number of aromatic nitrogens is 2. The maximum Gasteiger partial charge on any atom is 0.203 e. The number of rotatable bonds is 3. The second-order valence-corrected chi connectivity index (χ2v) is 6.44. The molecule has 0 amide bonds. The van der Waals surface area contributed by atoms with E-state index in [9.17, 15) is 0 Å². The largest absolute Gasteiger partial charge is 0.352 e. The van der Waals surface area contributed by atoms with Crippen molar-refractivity contribution in [2.45, 2.75) is 65.0 Å². The minimum Gasteiger partial charge on any atom is -0.352 e. The van der Waals surface area contributed by atoms with Crippen molar-refractivity contribution in [1.29, 1.82) is 0 Å². The zero-order valence-electron chi connectivity index (χ0n) is 11.2. The van der Waals surface area contributed by atoms with E-state index in [1.807, 2.05) is 0 Å². The van der Waals surface area contributed by atoms with Crippen LogP contribution in [0.4, 0.5) is 5.95 Å². The van der Waals surface area contributed by atoms with E-state index in [0.29, 0.717) is 17.5 Å². The molecule has 1 aromatic rings. The third kappa shape index (κ3) is 2.07. The Morgan fingerprint density at radius 3 is 2.59 bits per heavy atom. The van der Waals surface area contributed by atoms with Gasteiger partial charge in [0.05, 0.1) is 5.69 Å². The first kappa shape index (κ1) is 11.1. The van der Waals surface area contributed by atoms with Crippen molar-refractivity contribution in [2.24, 2.45) is 5.41 Å². The lowest BCUT2D eigenvalue weighted by molar-refractivity contribution is 0.520. The maximum atomic E-state index is 4.65. The summed E-state index contributed by atoms with van der Waals surface area (Å²) < 4.78 is 2.39. The lowest BCUT2D eigenvalue weighted by atomic mass is 10.2. The molecule has 0 saturated heterocycles. The Morgan fingerprint density at radius 1 is 1.35 bits per heavy atom. The molecular weight excluding hydrogens is 210 g/mol. The van der Waals surface area contributed by atoms with Crippen molar-refractivity contribution < 1.29 is 0 Å². The van der Waals surface area contributed by atoms with E-state index in [1.165, 1.54) is 32.1 Å². The molecule has 0 radical (unpaired) electrons. The predicted octanol–water partition coefficient (Wildman–Crippen LogP) is 3.52. The molecule has 0 aromatic carbocycles. The highest BCUT2D eigenvalue weighted by atomic mass is 15.2. The van der Waals surface area contributed by atoms with Crippen LogP contribution in [0.3, 0.4) is 0 Å². The minimum atomic E-state index is 0.459. The second-order valence-electron chi connectivity index (χ2n) is 6.44. The van der Waals surface area contributed by atoms with Gasteiger partial charge < -0.3 is 9.88 Å². The molecule has 2 saturated carbocycles. The normalized spacial score (nSPS) is 27.4. The third-order valence-electron chi connectivity index (χ3n) is 4.39. The van der Waals surface area contributed by atoms with Crippen LogP contribution < -0.4 is 5.32 Å². The fourth-order valence-electron chi connectivity index (χ4n) is 2.95. The average Bonchev–Trinajstić information content (AvgIpc) is 2.72. The standard InChI is InChI=1S/C14H23N3/c1-10-9-17(11-6-4-5-7-11)13(15-10)16-12-8-14(12,2)3/h9,11-12H,4-8H2,1-3H3,(H,15,16). The van der Waals surface area contributed by atoms with Crippen molar-refractivity contribution in [3.8, 4) is 0 Å². The smallest absolute Gasteiger partial charge is 0.203 e. The van der Waals surface area contributed by atoms with Crippen LogP contribution >= 0.6 is 0 Å². The molecule has 94 valence electrons. The number of nitrogens with zero attached hydrogens (tertiary/aromatic N) is 2. The van der Waals surface area contributed by atoms with Gasteiger partial charge in [-0.25, -0.2) is 4.98 Å². The number of anilines is 1. The van der Waals surface area contributed by atoms with Crippen LogP contribution in [0.15, 0.2) is 6.20 Å². The minimum absolute atomic E-state index is 0.459. The summed E-state index contributed by atoms with van der Waals surface area (Å²) in [6.07, 6.45) is 8.86. The predicted molar refractivity (Wildman–Crippen MR) is 70.3 cm³/mol. The quantitative estimate of drug-likeness (QED) is 0.865. The Balaban J connectivity index is 1.78. The van der Waals surface area contributed by atoms with Gasteiger partial charge in [-0.2, -0.15) is 0 Å². The van der Waals surface area contributed by atoms with E-state index >= 15 is 0 Å². The summed E-state index contributed by atoms with van der Waals surface area (Å²) in [7, 11) is 0. The van der Waals surface area contributed by atoms with Crippen molar-refractivity contribution in [3.63, 3.8) is 0 Å². The highest BCUT2D eigenvalue weighted by Crippen LogP contribution is 2.46. The molecule has 1 unspecified atom stereocenters. The zero-order valence-corrected chi connectivity index (χ0v) is 11.2. The molecule has 2 aliphatic rings. The van der Waals surface area contributed by atoms with Crippen molar-refractivity contribution >= 4 is 5.95 Å². The molecular formula is C14H23N3. The summed E-state index contributed by atoms with van der Waals surface area (Å²) in [4.78, 5) is 4.65. The van der Waals surface area contributed by atoms with Gasteiger partial charge >= 0.3 is 0 Å². The molecule has 1 aromatic heterocycles. The van der Waals surface area contributed by atoms with Crippen LogP contribution in [0, 0.1) is 12.3 Å². The van der Waals surface area contributed by atoms with Crippen LogP contribution in [0.5, 0.6) is 0 Å². The van der Waals surface area contributed by atoms with Crippen LogP contribution in [-0.2, 0) is 0 Å². The molecule has 3 heteroatoms. The van der Waals surface area contributed by atoms with Crippen molar-refractivity contribution in [3.05, 3.63) is 11.9 Å². The highest BCUT2D eigenvalue weighted by molar-refractivity contribution is 5.35. The van der Waals surface area contributed by atoms with E-state index in [1.54, 1.807) is 0 Å². The molecule has 0 bridgehead atoms. The van der Waals surface area contributed by atoms with Crippen LogP contribution in [-0.4, -0.2) is 15.6 Å². The lowest BCUT2D eigenvalue weighted by Gasteiger charge is -2.16. The Bertz CT molecular complexity index is 413. The number of nitrogens with one attached hydrogen (secondary N) is 1. The highest BCUT2D eigenvalue weighted by Gasteiger charge is 2.46. The van der Waals surface area contributed by atoms with Crippen LogP contribution in [0.1, 0.15) is 57.7 Å². The molecule has 1 heterocycles. The first-order valence-electron chi connectivity index (χ1n) is 6.88. The van der Waals surface area contributed by atoms with E-state index in [2.05, 4.69) is 41.8 Å². The van der Waals surface area contributed by atoms with E-state index in [-0.39, 0.29) is 0 Å². The Kier molecular flexibility index (Phi) is 2.46. The zero-order chi connectivity index (χ0) is 12.0. The van der Waals surface area contributed by atoms with Gasteiger partial charge in [-0.3, -0.25) is 0 Å². The Morgan fingerprint density at radius 2 is 2.00 bits per heavy atom. The monoisotopic (exact) mass is 233 g/mol. The van der Waals surface area contributed by atoms with Crippen LogP contribution in [0.25, 0.3) is 0 Å². The number of imidazole rings is 1. The van der Waals surface area contributed by atoms with Gasteiger partial charge in [0, 0.05) is 18.3 Å². The van der Waals surface area contributed by atoms with Crippen molar-refractivity contribution in [1.82, 2.24) is 9.55 Å². The Labute approximate surface area is 104 Å². The summed E-state index contributed by atoms with van der Waals surface area (Å²) in [5, 5.41) is 3.62. The fourth-order valence-corrected chi connectivity index (χ4v) is 2.95. The average molecular weight is 233 g/mol. The van der Waals surface area contributed by atoms with E-state index in [4.69, 9.17) is 0 Å². The summed E-state index contributed by atoms with van der Waals surface area (Å²) in [5.74, 6) is 1.10. The maximum absolute atomic E-state index is 4.65. The van der Waals surface area contributed by atoms with E-state index in [0.717, 1.165) is 11.6 Å². The van der Waals surface area contributed by atoms with Gasteiger partial charge in [0.25, 0.3) is 0 Å². The molecule has 1 N–H and O–H groups in total. The van der Waals surface area contributed by atoms with Gasteiger partial charge in [-0.05, 0) is 31.6 Å². The first-order chi connectivity index (χ1) is 8.06. The number of hydrogen-bond donors (Lipinski definition) is 1. The van der Waals surface area contributed by atoms with Crippen LogP contribution in [0.2, 0.25) is 0 Å². The summed E-state index contributed by atoms with van der Waals surface area (Å²) >= 11 is 0. The summed E-state index contributed by atoms with van der Waals surface area (Å²) in [6.45, 7) is 6.73. The lowest BCUT2D eigenvalue weighted by Crippen LogP contribution is -2.15. The molecule has 1 atom stereocenters. The Hall–Kier alpha value is -0.990. The SMILES string of the molecule is Cc1cn(C2CCCC2)c(NC2CC2(C)C)n1. The summed E-state index contributed by atoms with van der Waals surface area (Å²) in [6, 6.07) is 1.30. The molecule has 3 nitrogen and oxygen atoms in total. The molecule has 3 rings (SSSR count). The number of hydrogen-bond acceptors (Lipinski definition) is 2. The topological polar surface area (TPSA) is 29.9 Å². The van der Waals surface area contributed by atoms with Gasteiger partial charge in [0.2, 0.25) is 5.95 Å². The van der Waals surface area contributed by atoms with Crippen molar-refractivity contribution in [2.75, 3.05) is 5.32 Å². The van der Waals surface area contributed by atoms with Gasteiger partial charge in [0.15, 0.2) is 0 Å². The molecule has 0 spiro atoms. The molecule has 17 heavy (non-hydrogen) atoms. The van der Waals surface area contributed by atoms with Gasteiger partial charge in [0.1, 0.15) is 0 Å². The fraction of sp³-hybridized carbons (Fsp3) is 0.786. The molecule has 2 aliphatic carbocycles. The second kappa shape index (κ2) is 3.76. The number of aryl methyl sites for hydroxylation is 1. The van der Waals surface area contributed by atoms with E-state index < -0.39 is 0 Å². The summed E-state index contributed by atoms with van der Waals surface area (Å²) in [5.41, 5.74) is 1.60. The molecule has 0 aliphatic heterocycles. The first-order valence-corrected chi connectivity index (χ1v) is 6.88.